The fraction of sp³-hybridized carbons (Fsp3) is 0.0526. The summed E-state index contributed by atoms with van der Waals surface area (Å²) in [6.07, 6.45) is 3.13. The number of hydrogen-bond acceptors (Lipinski definition) is 6. The summed E-state index contributed by atoms with van der Waals surface area (Å²) in [5, 5.41) is 6.98. The molecule has 0 bridgehead atoms. The van der Waals surface area contributed by atoms with Crippen LogP contribution in [0.15, 0.2) is 54.9 Å². The third kappa shape index (κ3) is 3.78. The molecular formula is C19H14ClFN6. The van der Waals surface area contributed by atoms with Gasteiger partial charge in [0.2, 0.25) is 5.95 Å². The lowest BCUT2D eigenvalue weighted by atomic mass is 10.2. The van der Waals surface area contributed by atoms with Crippen LogP contribution >= 0.6 is 11.6 Å². The first kappa shape index (κ1) is 17.1. The number of aryl methyl sites for hydroxylation is 1. The van der Waals surface area contributed by atoms with Crippen molar-refractivity contribution >= 4 is 45.9 Å². The molecule has 0 atom stereocenters. The van der Waals surface area contributed by atoms with E-state index in [1.165, 1.54) is 12.1 Å². The van der Waals surface area contributed by atoms with Crippen LogP contribution in [-0.2, 0) is 0 Å². The molecule has 0 aliphatic rings. The molecule has 0 aliphatic heterocycles. The van der Waals surface area contributed by atoms with E-state index in [2.05, 4.69) is 30.6 Å². The van der Waals surface area contributed by atoms with Gasteiger partial charge < -0.3 is 10.6 Å². The Kier molecular flexibility index (Phi) is 4.52. The first-order valence-electron chi connectivity index (χ1n) is 8.13. The molecule has 0 saturated carbocycles. The maximum atomic E-state index is 13.2. The van der Waals surface area contributed by atoms with E-state index in [9.17, 15) is 4.39 Å². The van der Waals surface area contributed by atoms with Gasteiger partial charge in [-0.1, -0.05) is 11.6 Å². The highest BCUT2D eigenvalue weighted by atomic mass is 35.5. The van der Waals surface area contributed by atoms with E-state index >= 15 is 0 Å². The van der Waals surface area contributed by atoms with Crippen LogP contribution in [0.4, 0.5) is 27.5 Å². The number of nitrogens with zero attached hydrogens (tertiary/aromatic N) is 4. The van der Waals surface area contributed by atoms with E-state index in [4.69, 9.17) is 11.6 Å². The molecule has 2 heterocycles. The van der Waals surface area contributed by atoms with Gasteiger partial charge in [-0.05, 0) is 55.0 Å². The molecule has 0 saturated heterocycles. The van der Waals surface area contributed by atoms with Crippen LogP contribution < -0.4 is 10.6 Å². The minimum atomic E-state index is -0.312. The van der Waals surface area contributed by atoms with Crippen LogP contribution in [0.5, 0.6) is 0 Å². The van der Waals surface area contributed by atoms with E-state index in [-0.39, 0.29) is 5.82 Å². The van der Waals surface area contributed by atoms with Crippen molar-refractivity contribution in [1.82, 2.24) is 19.9 Å². The van der Waals surface area contributed by atoms with Crippen molar-refractivity contribution in [3.63, 3.8) is 0 Å². The van der Waals surface area contributed by atoms with Crippen molar-refractivity contribution in [3.05, 3.63) is 71.3 Å². The predicted molar refractivity (Wildman–Crippen MR) is 104 cm³/mol. The van der Waals surface area contributed by atoms with Crippen LogP contribution in [-0.4, -0.2) is 19.9 Å². The Bertz CT molecular complexity index is 1120. The molecule has 0 fully saturated rings. The van der Waals surface area contributed by atoms with Crippen molar-refractivity contribution in [2.45, 2.75) is 6.92 Å². The Morgan fingerprint density at radius 3 is 2.48 bits per heavy atom. The average molecular weight is 381 g/mol. The van der Waals surface area contributed by atoms with Gasteiger partial charge in [0.05, 0.1) is 0 Å². The molecular weight excluding hydrogens is 367 g/mol. The molecule has 4 rings (SSSR count). The largest absolute Gasteiger partial charge is 0.338 e. The summed E-state index contributed by atoms with van der Waals surface area (Å²) in [5.41, 5.74) is 3.41. The minimum absolute atomic E-state index is 0.312. The van der Waals surface area contributed by atoms with Crippen molar-refractivity contribution in [3.8, 4) is 0 Å². The summed E-state index contributed by atoms with van der Waals surface area (Å²) in [6.45, 7) is 1.94. The molecule has 134 valence electrons. The molecule has 2 N–H and O–H groups in total. The van der Waals surface area contributed by atoms with E-state index in [1.807, 2.05) is 19.1 Å². The fourth-order valence-corrected chi connectivity index (χ4v) is 2.79. The van der Waals surface area contributed by atoms with Gasteiger partial charge in [0.1, 0.15) is 5.82 Å². The van der Waals surface area contributed by atoms with Crippen molar-refractivity contribution < 1.29 is 4.39 Å². The number of rotatable bonds is 4. The van der Waals surface area contributed by atoms with E-state index < -0.39 is 0 Å². The Balaban J connectivity index is 1.74. The molecule has 0 radical (unpaired) electrons. The smallest absolute Gasteiger partial charge is 0.231 e. The lowest BCUT2D eigenvalue weighted by Crippen LogP contribution is -2.04. The standard InChI is InChI=1S/C19H14ClFN6/c1-11-10-12(20)2-7-15(11)25-19-26-17-16(22-8-9-23-17)18(27-19)24-14-5-3-13(21)4-6-14/h2-10H,1H3,(H2,23,24,25,26,27). The second kappa shape index (κ2) is 7.13. The normalized spacial score (nSPS) is 10.8. The van der Waals surface area contributed by atoms with Crippen LogP contribution in [0.2, 0.25) is 5.02 Å². The number of hydrogen-bond donors (Lipinski definition) is 2. The quantitative estimate of drug-likeness (QED) is 0.518. The summed E-state index contributed by atoms with van der Waals surface area (Å²) in [5.74, 6) is 0.514. The van der Waals surface area contributed by atoms with E-state index in [0.717, 1.165) is 11.3 Å². The molecule has 0 aliphatic carbocycles. The van der Waals surface area contributed by atoms with Gasteiger partial charge in [0.15, 0.2) is 17.0 Å². The van der Waals surface area contributed by atoms with Crippen LogP contribution in [0.25, 0.3) is 11.2 Å². The Hall–Kier alpha value is -3.32. The summed E-state index contributed by atoms with van der Waals surface area (Å²) in [6, 6.07) is 11.5. The SMILES string of the molecule is Cc1cc(Cl)ccc1Nc1nc(Nc2ccc(F)cc2)c2nccnc2n1. The maximum Gasteiger partial charge on any atom is 0.231 e. The lowest BCUT2D eigenvalue weighted by Gasteiger charge is -2.12. The zero-order valence-electron chi connectivity index (χ0n) is 14.2. The number of halogens is 2. The topological polar surface area (TPSA) is 75.6 Å². The highest BCUT2D eigenvalue weighted by Crippen LogP contribution is 2.26. The number of nitrogens with one attached hydrogen (secondary N) is 2. The molecule has 27 heavy (non-hydrogen) atoms. The second-order valence-corrected chi connectivity index (χ2v) is 6.28. The Labute approximate surface area is 159 Å². The van der Waals surface area contributed by atoms with Gasteiger partial charge in [-0.2, -0.15) is 9.97 Å². The van der Waals surface area contributed by atoms with Gasteiger partial charge in [0.25, 0.3) is 0 Å². The van der Waals surface area contributed by atoms with E-state index in [1.54, 1.807) is 30.6 Å². The third-order valence-corrected chi connectivity index (χ3v) is 4.11. The minimum Gasteiger partial charge on any atom is -0.338 e. The molecule has 2 aromatic carbocycles. The molecule has 4 aromatic rings. The van der Waals surface area contributed by atoms with Gasteiger partial charge in [0, 0.05) is 28.8 Å². The predicted octanol–water partition coefficient (Wildman–Crippen LogP) is 5.01. The van der Waals surface area contributed by atoms with Crippen LogP contribution in [0.1, 0.15) is 5.56 Å². The monoisotopic (exact) mass is 380 g/mol. The highest BCUT2D eigenvalue weighted by molar-refractivity contribution is 6.30. The Morgan fingerprint density at radius 2 is 1.70 bits per heavy atom. The van der Waals surface area contributed by atoms with E-state index in [0.29, 0.717) is 33.6 Å². The Morgan fingerprint density at radius 1 is 0.926 bits per heavy atom. The number of fused-ring (bicyclic) bond motifs is 1. The first-order chi connectivity index (χ1) is 13.1. The fourth-order valence-electron chi connectivity index (χ4n) is 2.56. The average Bonchev–Trinajstić information content (AvgIpc) is 2.66. The first-order valence-corrected chi connectivity index (χ1v) is 8.51. The van der Waals surface area contributed by atoms with Crippen LogP contribution in [0, 0.1) is 12.7 Å². The summed E-state index contributed by atoms with van der Waals surface area (Å²) >= 11 is 6.01. The van der Waals surface area contributed by atoms with Crippen molar-refractivity contribution in [2.75, 3.05) is 10.6 Å². The number of aromatic nitrogens is 4. The van der Waals surface area contributed by atoms with Crippen molar-refractivity contribution in [2.24, 2.45) is 0 Å². The highest BCUT2D eigenvalue weighted by Gasteiger charge is 2.11. The molecule has 2 aromatic heterocycles. The molecule has 0 amide bonds. The molecule has 8 heteroatoms. The lowest BCUT2D eigenvalue weighted by molar-refractivity contribution is 0.628. The van der Waals surface area contributed by atoms with Gasteiger partial charge >= 0.3 is 0 Å². The summed E-state index contributed by atoms with van der Waals surface area (Å²) < 4.78 is 13.2. The van der Waals surface area contributed by atoms with Gasteiger partial charge in [-0.3, -0.25) is 0 Å². The van der Waals surface area contributed by atoms with Gasteiger partial charge in [-0.15, -0.1) is 0 Å². The number of benzene rings is 2. The molecule has 0 unspecified atom stereocenters. The third-order valence-electron chi connectivity index (χ3n) is 3.87. The molecule has 6 nitrogen and oxygen atoms in total. The summed E-state index contributed by atoms with van der Waals surface area (Å²) in [7, 11) is 0. The second-order valence-electron chi connectivity index (χ2n) is 5.84. The van der Waals surface area contributed by atoms with Gasteiger partial charge in [-0.25, -0.2) is 14.4 Å². The number of anilines is 4. The van der Waals surface area contributed by atoms with Crippen molar-refractivity contribution in [1.29, 1.82) is 0 Å². The molecule has 0 spiro atoms. The summed E-state index contributed by atoms with van der Waals surface area (Å²) in [4.78, 5) is 17.5. The zero-order chi connectivity index (χ0) is 18.8. The van der Waals surface area contributed by atoms with Crippen LogP contribution in [0.3, 0.4) is 0 Å². The zero-order valence-corrected chi connectivity index (χ0v) is 15.0. The maximum absolute atomic E-state index is 13.2.